The Kier molecular flexibility index (Phi) is 6.30. The van der Waals surface area contributed by atoms with E-state index in [2.05, 4.69) is 42.4 Å². The van der Waals surface area contributed by atoms with E-state index in [0.717, 1.165) is 51.4 Å². The monoisotopic (exact) mass is 476 g/mol. The molecule has 0 amide bonds. The van der Waals surface area contributed by atoms with Crippen molar-refractivity contribution < 1.29 is 19.8 Å². The molecule has 4 aliphatic rings. The Balaban J connectivity index is 1.41. The van der Waals surface area contributed by atoms with E-state index in [9.17, 15) is 20.1 Å². The maximum atomic E-state index is 11.8. The number of nitrogens with zero attached hydrogens (tertiary/aromatic N) is 1. The highest BCUT2D eigenvalue weighted by Gasteiger charge is 2.67. The van der Waals surface area contributed by atoms with Crippen molar-refractivity contribution in [3.8, 4) is 0 Å². The maximum Gasteiger partial charge on any atom is 0.438 e. The number of aromatic amines is 1. The molecule has 7 heteroatoms. The summed E-state index contributed by atoms with van der Waals surface area (Å²) in [6.07, 6.45) is 7.00. The van der Waals surface area contributed by atoms with Crippen LogP contribution in [0.3, 0.4) is 0 Å². The van der Waals surface area contributed by atoms with Crippen molar-refractivity contribution in [2.24, 2.45) is 52.3 Å². The molecular weight excluding hydrogens is 432 g/mol. The van der Waals surface area contributed by atoms with Crippen LogP contribution in [0, 0.1) is 52.3 Å². The zero-order valence-electron chi connectivity index (χ0n) is 21.2. The lowest BCUT2D eigenvalue weighted by atomic mass is 9.41. The van der Waals surface area contributed by atoms with Gasteiger partial charge in [-0.1, -0.05) is 39.3 Å². The van der Waals surface area contributed by atoms with E-state index in [1.807, 2.05) is 0 Å². The lowest BCUT2D eigenvalue weighted by Gasteiger charge is -2.65. The lowest BCUT2D eigenvalue weighted by molar-refractivity contribution is -0.228. The van der Waals surface area contributed by atoms with E-state index in [1.165, 1.54) is 0 Å². The zero-order chi connectivity index (χ0) is 24.4. The molecule has 12 atom stereocenters. The van der Waals surface area contributed by atoms with Gasteiger partial charge in [-0.3, -0.25) is 9.51 Å². The number of aromatic nitrogens is 2. The molecule has 4 unspecified atom stereocenters. The Morgan fingerprint density at radius 3 is 2.56 bits per heavy atom. The second kappa shape index (κ2) is 8.74. The fraction of sp³-hybridized carbons (Fsp3) is 0.926. The average Bonchev–Trinajstić information content (AvgIpc) is 3.38. The van der Waals surface area contributed by atoms with Gasteiger partial charge in [0, 0.05) is 6.42 Å². The van der Waals surface area contributed by atoms with Crippen molar-refractivity contribution in [2.45, 2.75) is 104 Å². The summed E-state index contributed by atoms with van der Waals surface area (Å²) in [5, 5.41) is 37.8. The quantitative estimate of drug-likeness (QED) is 0.516. The van der Waals surface area contributed by atoms with Crippen molar-refractivity contribution in [1.82, 2.24) is 10.1 Å². The zero-order valence-corrected chi connectivity index (χ0v) is 21.2. The van der Waals surface area contributed by atoms with Gasteiger partial charge in [-0.25, -0.2) is 4.79 Å². The Morgan fingerprint density at radius 2 is 1.88 bits per heavy atom. The van der Waals surface area contributed by atoms with E-state index in [-0.39, 0.29) is 41.0 Å². The van der Waals surface area contributed by atoms with Gasteiger partial charge >= 0.3 is 5.76 Å². The van der Waals surface area contributed by atoms with Gasteiger partial charge in [-0.05, 0) is 97.2 Å². The number of nitrogens with one attached hydrogen (secondary N) is 1. The highest BCUT2D eigenvalue weighted by molar-refractivity contribution is 5.15. The van der Waals surface area contributed by atoms with Gasteiger partial charge in [0.2, 0.25) is 0 Å². The number of fused-ring (bicyclic) bond motifs is 5. The number of hydrogen-bond acceptors (Lipinski definition) is 6. The largest absolute Gasteiger partial charge is 0.438 e. The average molecular weight is 477 g/mol. The van der Waals surface area contributed by atoms with E-state index in [4.69, 9.17) is 0 Å². The van der Waals surface area contributed by atoms with Crippen LogP contribution in [-0.2, 0) is 6.42 Å². The third kappa shape index (κ3) is 3.55. The number of H-pyrrole nitrogens is 1. The van der Waals surface area contributed by atoms with Crippen molar-refractivity contribution in [2.75, 3.05) is 0 Å². The summed E-state index contributed by atoms with van der Waals surface area (Å²) in [4.78, 5) is 13.9. The molecule has 0 saturated heterocycles. The van der Waals surface area contributed by atoms with Crippen molar-refractivity contribution in [3.63, 3.8) is 0 Å². The molecule has 1 heterocycles. The van der Waals surface area contributed by atoms with Crippen LogP contribution in [-0.4, -0.2) is 43.8 Å². The smallest absolute Gasteiger partial charge is 0.393 e. The molecule has 4 fully saturated rings. The molecule has 7 nitrogen and oxygen atoms in total. The first-order chi connectivity index (χ1) is 16.1. The molecule has 0 radical (unpaired) electrons. The van der Waals surface area contributed by atoms with Crippen molar-refractivity contribution in [1.29, 1.82) is 0 Å². The molecule has 192 valence electrons. The minimum Gasteiger partial charge on any atom is -0.393 e. The molecule has 0 bridgehead atoms. The Morgan fingerprint density at radius 1 is 1.12 bits per heavy atom. The van der Waals surface area contributed by atoms with Crippen molar-refractivity contribution in [3.05, 3.63) is 16.4 Å². The standard InChI is InChI=1S/C27H44N2O5/c1-5-16-19-12-15(30)10-11-26(19,3)20-13-21(31)27(4)17(7-8-18(27)23(20)24(16)32)14(2)6-9-22-28-25(33)34-29-22/h14-21,23-24,30-32H,5-13H2,1-4H3,(H,28,29,33)/t14-,15-,16-,17-,18?,19+,20?,21+,23?,24?,26+,27-/m1/s1. The summed E-state index contributed by atoms with van der Waals surface area (Å²) in [6.45, 7) is 9.15. The number of rotatable bonds is 5. The summed E-state index contributed by atoms with van der Waals surface area (Å²) in [7, 11) is 0. The lowest BCUT2D eigenvalue weighted by Crippen LogP contribution is -2.65. The van der Waals surface area contributed by atoms with Crippen LogP contribution in [0.15, 0.2) is 9.32 Å². The number of aliphatic hydroxyl groups is 3. The van der Waals surface area contributed by atoms with Crippen LogP contribution >= 0.6 is 0 Å². The third-order valence-electron chi connectivity index (χ3n) is 11.6. The molecule has 5 rings (SSSR count). The first-order valence-electron chi connectivity index (χ1n) is 13.7. The van der Waals surface area contributed by atoms with E-state index >= 15 is 0 Å². The summed E-state index contributed by atoms with van der Waals surface area (Å²) in [5.41, 5.74) is -0.136. The highest BCUT2D eigenvalue weighted by atomic mass is 16.5. The highest BCUT2D eigenvalue weighted by Crippen LogP contribution is 2.69. The SMILES string of the molecule is CC[C@H]1C(O)C2C3CC[C@H]([C@H](C)CCc4noc(=O)[nH]4)[C@@]3(C)[C@@H](O)CC2[C@@]2(C)CC[C@@H](O)C[C@@H]12. The molecule has 1 aromatic rings. The summed E-state index contributed by atoms with van der Waals surface area (Å²) < 4.78 is 4.65. The molecule has 0 aromatic carbocycles. The molecule has 4 N–H and O–H groups in total. The van der Waals surface area contributed by atoms with Crippen molar-refractivity contribution >= 4 is 0 Å². The topological polar surface area (TPSA) is 120 Å². The van der Waals surface area contributed by atoms with Gasteiger partial charge in [0.1, 0.15) is 0 Å². The van der Waals surface area contributed by atoms with Crippen LogP contribution < -0.4 is 5.76 Å². The Hall–Kier alpha value is -1.18. The molecular formula is C27H44N2O5. The van der Waals surface area contributed by atoms with Gasteiger partial charge in [-0.2, -0.15) is 0 Å². The second-order valence-electron chi connectivity index (χ2n) is 12.8. The summed E-state index contributed by atoms with van der Waals surface area (Å²) in [5.74, 6) is 2.22. The van der Waals surface area contributed by atoms with Crippen LogP contribution in [0.4, 0.5) is 0 Å². The number of hydrogen-bond donors (Lipinski definition) is 4. The van der Waals surface area contributed by atoms with Gasteiger partial charge in [0.05, 0.1) is 18.3 Å². The number of aliphatic hydroxyl groups excluding tert-OH is 3. The van der Waals surface area contributed by atoms with Gasteiger partial charge < -0.3 is 15.3 Å². The second-order valence-corrected chi connectivity index (χ2v) is 12.8. The van der Waals surface area contributed by atoms with Crippen LogP contribution in [0.1, 0.15) is 84.9 Å². The maximum absolute atomic E-state index is 11.8. The number of aryl methyl sites for hydroxylation is 1. The van der Waals surface area contributed by atoms with Gasteiger partial charge in [-0.15, -0.1) is 0 Å². The van der Waals surface area contributed by atoms with Gasteiger partial charge in [0.15, 0.2) is 5.82 Å². The fourth-order valence-electron chi connectivity index (χ4n) is 9.82. The minimum atomic E-state index is -0.511. The first kappa shape index (κ1) is 24.5. The van der Waals surface area contributed by atoms with Crippen LogP contribution in [0.2, 0.25) is 0 Å². The summed E-state index contributed by atoms with van der Waals surface area (Å²) in [6, 6.07) is 0. The normalized spacial score (nSPS) is 49.2. The first-order valence-corrected chi connectivity index (χ1v) is 13.7. The molecule has 0 aliphatic heterocycles. The predicted octanol–water partition coefficient (Wildman–Crippen LogP) is 3.53. The predicted molar refractivity (Wildman–Crippen MR) is 128 cm³/mol. The molecule has 4 saturated carbocycles. The van der Waals surface area contributed by atoms with Crippen LogP contribution in [0.25, 0.3) is 0 Å². The van der Waals surface area contributed by atoms with E-state index in [1.54, 1.807) is 0 Å². The molecule has 4 aliphatic carbocycles. The Labute approximate surface area is 202 Å². The van der Waals surface area contributed by atoms with Gasteiger partial charge in [0.25, 0.3) is 0 Å². The molecule has 0 spiro atoms. The minimum absolute atomic E-state index is 0.0780. The third-order valence-corrected chi connectivity index (χ3v) is 11.6. The summed E-state index contributed by atoms with van der Waals surface area (Å²) >= 11 is 0. The fourth-order valence-corrected chi connectivity index (χ4v) is 9.82. The molecule has 34 heavy (non-hydrogen) atoms. The van der Waals surface area contributed by atoms with E-state index in [0.29, 0.717) is 41.8 Å². The Bertz CT molecular complexity index is 930. The van der Waals surface area contributed by atoms with Crippen LogP contribution in [0.5, 0.6) is 0 Å². The molecule has 1 aromatic heterocycles. The van der Waals surface area contributed by atoms with E-state index < -0.39 is 5.76 Å².